The molecule has 2 amide bonds. The molecule has 2 heterocycles. The van der Waals surface area contributed by atoms with E-state index in [-0.39, 0.29) is 6.03 Å². The predicted molar refractivity (Wildman–Crippen MR) is 103 cm³/mol. The van der Waals surface area contributed by atoms with E-state index in [1.807, 2.05) is 29.2 Å². The first kappa shape index (κ1) is 17.6. The van der Waals surface area contributed by atoms with Gasteiger partial charge in [-0.2, -0.15) is 5.10 Å². The van der Waals surface area contributed by atoms with Crippen LogP contribution < -0.4 is 15.0 Å². The number of nitrogens with zero attached hydrogens (tertiary/aromatic N) is 4. The molecule has 7 nitrogen and oxygen atoms in total. The Balaban J connectivity index is 1.24. The Labute approximate surface area is 159 Å². The van der Waals surface area contributed by atoms with Crippen molar-refractivity contribution in [2.45, 2.75) is 25.3 Å². The van der Waals surface area contributed by atoms with Crippen molar-refractivity contribution in [3.8, 4) is 5.75 Å². The Hall–Kier alpha value is -2.83. The van der Waals surface area contributed by atoms with Gasteiger partial charge < -0.3 is 19.9 Å². The maximum absolute atomic E-state index is 12.4. The quantitative estimate of drug-likeness (QED) is 0.879. The molecule has 2 fully saturated rings. The van der Waals surface area contributed by atoms with Gasteiger partial charge >= 0.3 is 6.03 Å². The van der Waals surface area contributed by atoms with E-state index in [1.165, 1.54) is 12.8 Å². The highest BCUT2D eigenvalue weighted by Gasteiger charge is 2.26. The van der Waals surface area contributed by atoms with Crippen molar-refractivity contribution in [2.24, 2.45) is 0 Å². The SMILES string of the molecule is COc1ccc(CNC(=O)N2CCN(c3ccc(C4CC4)nn3)CC2)cc1. The zero-order valence-corrected chi connectivity index (χ0v) is 15.6. The number of urea groups is 1. The first-order valence-electron chi connectivity index (χ1n) is 9.47. The van der Waals surface area contributed by atoms with Crippen LogP contribution in [0, 0.1) is 0 Å². The molecule has 1 saturated heterocycles. The van der Waals surface area contributed by atoms with Crippen LogP contribution in [-0.2, 0) is 6.54 Å². The molecule has 0 unspecified atom stereocenters. The van der Waals surface area contributed by atoms with Crippen LogP contribution in [0.4, 0.5) is 10.6 Å². The van der Waals surface area contributed by atoms with Crippen LogP contribution >= 0.6 is 0 Å². The maximum Gasteiger partial charge on any atom is 0.317 e. The van der Waals surface area contributed by atoms with Crippen LogP contribution in [0.5, 0.6) is 5.75 Å². The summed E-state index contributed by atoms with van der Waals surface area (Å²) in [5, 5.41) is 11.7. The summed E-state index contributed by atoms with van der Waals surface area (Å²) in [5.74, 6) is 2.34. The van der Waals surface area contributed by atoms with Gasteiger partial charge in [0.1, 0.15) is 5.75 Å². The lowest BCUT2D eigenvalue weighted by molar-refractivity contribution is 0.194. The van der Waals surface area contributed by atoms with E-state index < -0.39 is 0 Å². The Morgan fingerprint density at radius 3 is 2.41 bits per heavy atom. The number of hydrogen-bond acceptors (Lipinski definition) is 5. The van der Waals surface area contributed by atoms with Gasteiger partial charge in [0.15, 0.2) is 5.82 Å². The average molecular weight is 367 g/mol. The second-order valence-corrected chi connectivity index (χ2v) is 7.07. The molecule has 4 rings (SSSR count). The van der Waals surface area contributed by atoms with Crippen molar-refractivity contribution >= 4 is 11.8 Å². The van der Waals surface area contributed by atoms with Gasteiger partial charge in [0.25, 0.3) is 0 Å². The summed E-state index contributed by atoms with van der Waals surface area (Å²) in [6.07, 6.45) is 2.47. The van der Waals surface area contributed by atoms with E-state index in [0.29, 0.717) is 25.6 Å². The molecule has 0 radical (unpaired) electrons. The van der Waals surface area contributed by atoms with Crippen LogP contribution in [0.25, 0.3) is 0 Å². The number of amides is 2. The topological polar surface area (TPSA) is 70.6 Å². The number of nitrogens with one attached hydrogen (secondary N) is 1. The third-order valence-electron chi connectivity index (χ3n) is 5.16. The smallest absolute Gasteiger partial charge is 0.317 e. The number of carbonyl (C=O) groups is 1. The van der Waals surface area contributed by atoms with Gasteiger partial charge in [-0.25, -0.2) is 4.79 Å². The molecule has 0 atom stereocenters. The van der Waals surface area contributed by atoms with E-state index in [0.717, 1.165) is 35.9 Å². The molecule has 142 valence electrons. The summed E-state index contributed by atoms with van der Waals surface area (Å²) < 4.78 is 5.15. The van der Waals surface area contributed by atoms with E-state index in [1.54, 1.807) is 7.11 Å². The van der Waals surface area contributed by atoms with Crippen LogP contribution in [0.1, 0.15) is 30.0 Å². The second kappa shape index (κ2) is 7.82. The molecule has 1 saturated carbocycles. The number of carbonyl (C=O) groups excluding carboxylic acids is 1. The number of aromatic nitrogens is 2. The fraction of sp³-hybridized carbons (Fsp3) is 0.450. The number of methoxy groups -OCH3 is 1. The predicted octanol–water partition coefficient (Wildman–Crippen LogP) is 2.39. The Morgan fingerprint density at radius 1 is 1.07 bits per heavy atom. The fourth-order valence-corrected chi connectivity index (χ4v) is 3.27. The van der Waals surface area contributed by atoms with Gasteiger partial charge in [-0.05, 0) is 42.7 Å². The van der Waals surface area contributed by atoms with Crippen molar-refractivity contribution in [2.75, 3.05) is 38.2 Å². The standard InChI is InChI=1S/C20H25N5O2/c1-27-17-6-2-15(3-7-17)14-21-20(26)25-12-10-24(11-13-25)19-9-8-18(22-23-19)16-4-5-16/h2-3,6-9,16H,4-5,10-14H2,1H3,(H,21,26). The van der Waals surface area contributed by atoms with E-state index >= 15 is 0 Å². The molecule has 27 heavy (non-hydrogen) atoms. The van der Waals surface area contributed by atoms with Crippen LogP contribution in [0.15, 0.2) is 36.4 Å². The zero-order chi connectivity index (χ0) is 18.6. The number of benzene rings is 1. The van der Waals surface area contributed by atoms with Crippen molar-refractivity contribution in [3.05, 3.63) is 47.7 Å². The number of anilines is 1. The summed E-state index contributed by atoms with van der Waals surface area (Å²) in [7, 11) is 1.64. The zero-order valence-electron chi connectivity index (χ0n) is 15.6. The minimum absolute atomic E-state index is 0.0272. The summed E-state index contributed by atoms with van der Waals surface area (Å²) >= 11 is 0. The molecule has 2 aliphatic rings. The molecule has 0 spiro atoms. The van der Waals surface area contributed by atoms with Crippen molar-refractivity contribution in [1.82, 2.24) is 20.4 Å². The Morgan fingerprint density at radius 2 is 1.81 bits per heavy atom. The van der Waals surface area contributed by atoms with Gasteiger partial charge in [0, 0.05) is 38.6 Å². The molecule has 1 aromatic carbocycles. The number of ether oxygens (including phenoxy) is 1. The van der Waals surface area contributed by atoms with Gasteiger partial charge in [-0.1, -0.05) is 12.1 Å². The normalized spacial score (nSPS) is 16.9. The molecular weight excluding hydrogens is 342 g/mol. The summed E-state index contributed by atoms with van der Waals surface area (Å²) in [6.45, 7) is 3.42. The lowest BCUT2D eigenvalue weighted by Gasteiger charge is -2.35. The molecule has 0 bridgehead atoms. The summed E-state index contributed by atoms with van der Waals surface area (Å²) in [4.78, 5) is 16.5. The van der Waals surface area contributed by atoms with Gasteiger partial charge in [-0.3, -0.25) is 0 Å². The van der Waals surface area contributed by atoms with Crippen molar-refractivity contribution in [1.29, 1.82) is 0 Å². The molecule has 7 heteroatoms. The second-order valence-electron chi connectivity index (χ2n) is 7.07. The lowest BCUT2D eigenvalue weighted by Crippen LogP contribution is -2.52. The van der Waals surface area contributed by atoms with Crippen LogP contribution in [-0.4, -0.2) is 54.4 Å². The van der Waals surface area contributed by atoms with Crippen molar-refractivity contribution in [3.63, 3.8) is 0 Å². The third kappa shape index (κ3) is 4.30. The number of piperazine rings is 1. The lowest BCUT2D eigenvalue weighted by atomic mass is 10.2. The third-order valence-corrected chi connectivity index (χ3v) is 5.16. The van der Waals surface area contributed by atoms with Crippen LogP contribution in [0.3, 0.4) is 0 Å². The van der Waals surface area contributed by atoms with Crippen LogP contribution in [0.2, 0.25) is 0 Å². The van der Waals surface area contributed by atoms with E-state index in [4.69, 9.17) is 4.74 Å². The summed E-state index contributed by atoms with van der Waals surface area (Å²) in [6, 6.07) is 11.8. The highest BCUT2D eigenvalue weighted by atomic mass is 16.5. The monoisotopic (exact) mass is 367 g/mol. The first-order chi connectivity index (χ1) is 13.2. The largest absolute Gasteiger partial charge is 0.497 e. The molecular formula is C20H25N5O2. The molecule has 2 aromatic rings. The number of rotatable bonds is 5. The van der Waals surface area contributed by atoms with Gasteiger partial charge in [0.05, 0.1) is 12.8 Å². The highest BCUT2D eigenvalue weighted by Crippen LogP contribution is 2.38. The Bertz CT molecular complexity index is 766. The molecule has 1 N–H and O–H groups in total. The van der Waals surface area contributed by atoms with Gasteiger partial charge in [-0.15, -0.1) is 5.10 Å². The first-order valence-corrected chi connectivity index (χ1v) is 9.47. The highest BCUT2D eigenvalue weighted by molar-refractivity contribution is 5.74. The minimum Gasteiger partial charge on any atom is -0.497 e. The average Bonchev–Trinajstić information content (AvgIpc) is 3.58. The molecule has 1 aromatic heterocycles. The Kier molecular flexibility index (Phi) is 5.09. The van der Waals surface area contributed by atoms with Crippen molar-refractivity contribution < 1.29 is 9.53 Å². The maximum atomic E-state index is 12.4. The summed E-state index contributed by atoms with van der Waals surface area (Å²) in [5.41, 5.74) is 2.16. The van der Waals surface area contributed by atoms with E-state index in [9.17, 15) is 4.79 Å². The molecule has 1 aliphatic carbocycles. The number of hydrogen-bond donors (Lipinski definition) is 1. The fourth-order valence-electron chi connectivity index (χ4n) is 3.27. The minimum atomic E-state index is -0.0272. The molecule has 1 aliphatic heterocycles. The van der Waals surface area contributed by atoms with E-state index in [2.05, 4.69) is 32.5 Å². The van der Waals surface area contributed by atoms with Gasteiger partial charge in [0.2, 0.25) is 0 Å².